The average molecular weight is 656 g/mol. The van der Waals surface area contributed by atoms with E-state index in [9.17, 15) is 19.2 Å². The zero-order chi connectivity index (χ0) is 27.9. The molecule has 5 rings (SSSR count). The Balaban J connectivity index is 1.65. The fourth-order valence-electron chi connectivity index (χ4n) is 5.35. The maximum Gasteiger partial charge on any atom is 0.275 e. The van der Waals surface area contributed by atoms with Crippen molar-refractivity contribution in [3.63, 3.8) is 0 Å². The first-order chi connectivity index (χ1) is 17.7. The van der Waals surface area contributed by atoms with Gasteiger partial charge in [-0.2, -0.15) is 5.01 Å². The fraction of sp³-hybridized carbons (Fsp3) is 0.280. The molecule has 2 aliphatic carbocycles. The molecule has 0 radical (unpaired) electrons. The van der Waals surface area contributed by atoms with E-state index in [1.165, 1.54) is 19.1 Å². The molecule has 0 unspecified atom stereocenters. The lowest BCUT2D eigenvalue weighted by Gasteiger charge is -2.38. The second-order valence-electron chi connectivity index (χ2n) is 9.11. The van der Waals surface area contributed by atoms with Gasteiger partial charge in [-0.15, -0.1) is 23.2 Å². The molecule has 6 nitrogen and oxygen atoms in total. The minimum Gasteiger partial charge on any atom is -0.292 e. The van der Waals surface area contributed by atoms with E-state index in [0.717, 1.165) is 5.01 Å². The van der Waals surface area contributed by atoms with Gasteiger partial charge >= 0.3 is 0 Å². The molecule has 0 N–H and O–H groups in total. The Labute approximate surface area is 252 Å². The zero-order valence-corrected chi connectivity index (χ0v) is 24.4. The number of fused-ring (bicyclic) bond motifs is 5. The summed E-state index contributed by atoms with van der Waals surface area (Å²) in [5, 5.41) is 0.802. The van der Waals surface area contributed by atoms with Crippen molar-refractivity contribution in [2.24, 2.45) is 11.8 Å². The van der Waals surface area contributed by atoms with Crippen LogP contribution in [-0.2, 0) is 9.59 Å². The second kappa shape index (κ2) is 9.27. The molecular formula is C25H15Cl7N2O4. The van der Waals surface area contributed by atoms with Gasteiger partial charge < -0.3 is 0 Å². The molecule has 2 bridgehead atoms. The van der Waals surface area contributed by atoms with E-state index < -0.39 is 55.5 Å². The third kappa shape index (κ3) is 3.35. The molecule has 198 valence electrons. The molecule has 0 aromatic heterocycles. The molecule has 1 heterocycles. The van der Waals surface area contributed by atoms with Crippen LogP contribution in [0.2, 0.25) is 5.02 Å². The van der Waals surface area contributed by atoms with Crippen LogP contribution < -0.4 is 0 Å². The van der Waals surface area contributed by atoms with Crippen molar-refractivity contribution in [3.05, 3.63) is 80.8 Å². The van der Waals surface area contributed by atoms with Crippen molar-refractivity contribution < 1.29 is 19.2 Å². The van der Waals surface area contributed by atoms with Crippen molar-refractivity contribution in [2.75, 3.05) is 0 Å². The van der Waals surface area contributed by atoms with Gasteiger partial charge in [-0.1, -0.05) is 100 Å². The molecule has 3 aliphatic rings. The quantitative estimate of drug-likeness (QED) is 0.212. The molecule has 2 aromatic rings. The summed E-state index contributed by atoms with van der Waals surface area (Å²) in [6, 6.07) is 12.7. The van der Waals surface area contributed by atoms with Gasteiger partial charge in [-0.05, 0) is 19.1 Å². The Kier molecular flexibility index (Phi) is 6.84. The van der Waals surface area contributed by atoms with Crippen molar-refractivity contribution in [2.45, 2.75) is 27.0 Å². The standard InChI is InChI=1S/C25H15Cl7N2O4/c1-11(17(35)12-7-3-2-4-8-12)33(20(36)13-9-5-6-10-14(13)26)34-21(37)15-16(22(34)38)24(30)19(28)18(27)23(15,29)25(24,31)32/h2-11,15-16H,1H3/t11-,15-,16+,23-,24-/m1/s1. The summed E-state index contributed by atoms with van der Waals surface area (Å²) in [5.41, 5.74) is 0.189. The monoisotopic (exact) mass is 652 g/mol. The van der Waals surface area contributed by atoms with Gasteiger partial charge in [0.25, 0.3) is 17.7 Å². The summed E-state index contributed by atoms with van der Waals surface area (Å²) < 4.78 is -2.15. The summed E-state index contributed by atoms with van der Waals surface area (Å²) in [6.45, 7) is 1.38. The molecule has 0 spiro atoms. The van der Waals surface area contributed by atoms with Crippen LogP contribution in [0.3, 0.4) is 0 Å². The maximum atomic E-state index is 14.0. The second-order valence-corrected chi connectivity index (χ2v) is 12.8. The van der Waals surface area contributed by atoms with E-state index in [2.05, 4.69) is 0 Å². The Hall–Kier alpha value is -1.51. The largest absolute Gasteiger partial charge is 0.292 e. The number of nitrogens with zero attached hydrogens (tertiary/aromatic N) is 2. The number of Topliss-reactive ketones (excluding diaryl/α,β-unsaturated/α-hetero) is 1. The first kappa shape index (κ1) is 28.0. The van der Waals surface area contributed by atoms with Crippen molar-refractivity contribution in [3.8, 4) is 0 Å². The Morgan fingerprint density at radius 3 is 1.79 bits per heavy atom. The van der Waals surface area contributed by atoms with Gasteiger partial charge in [0.15, 0.2) is 10.1 Å². The predicted molar refractivity (Wildman–Crippen MR) is 147 cm³/mol. The molecular weight excluding hydrogens is 640 g/mol. The first-order valence-electron chi connectivity index (χ1n) is 11.1. The normalized spacial score (nSPS) is 30.1. The molecule has 38 heavy (non-hydrogen) atoms. The smallest absolute Gasteiger partial charge is 0.275 e. The number of hydrogen-bond donors (Lipinski definition) is 0. The number of halogens is 7. The third-order valence-electron chi connectivity index (χ3n) is 7.22. The summed E-state index contributed by atoms with van der Waals surface area (Å²) in [7, 11) is 0. The van der Waals surface area contributed by atoms with Crippen LogP contribution in [-0.4, -0.2) is 53.6 Å². The highest BCUT2D eigenvalue weighted by Gasteiger charge is 2.88. The van der Waals surface area contributed by atoms with E-state index in [0.29, 0.717) is 5.01 Å². The Bertz CT molecular complexity index is 1400. The van der Waals surface area contributed by atoms with Gasteiger partial charge in [-0.3, -0.25) is 19.2 Å². The highest BCUT2D eigenvalue weighted by atomic mass is 35.5. The topological polar surface area (TPSA) is 74.8 Å². The Morgan fingerprint density at radius 2 is 1.29 bits per heavy atom. The summed E-state index contributed by atoms with van der Waals surface area (Å²) in [6.07, 6.45) is 0. The highest BCUT2D eigenvalue weighted by molar-refractivity contribution is 6.66. The Morgan fingerprint density at radius 1 is 0.816 bits per heavy atom. The van der Waals surface area contributed by atoms with Crippen molar-refractivity contribution in [1.29, 1.82) is 0 Å². The number of hydrazine groups is 1. The van der Waals surface area contributed by atoms with Crippen molar-refractivity contribution >= 4 is 105 Å². The lowest BCUT2D eigenvalue weighted by atomic mass is 9.84. The highest BCUT2D eigenvalue weighted by Crippen LogP contribution is 2.77. The fourth-order valence-corrected chi connectivity index (χ4v) is 8.49. The number of imide groups is 1. The molecule has 3 amide bonds. The number of carbonyl (C=O) groups is 4. The number of amides is 3. The third-order valence-corrected chi connectivity index (χ3v) is 11.8. The number of carbonyl (C=O) groups excluding carboxylic acids is 4. The summed E-state index contributed by atoms with van der Waals surface area (Å²) in [5.74, 6) is -6.36. The van der Waals surface area contributed by atoms with E-state index >= 15 is 0 Å². The van der Waals surface area contributed by atoms with Crippen LogP contribution in [0.25, 0.3) is 0 Å². The van der Waals surface area contributed by atoms with Gasteiger partial charge in [0.05, 0.1) is 32.5 Å². The van der Waals surface area contributed by atoms with Crippen LogP contribution in [0, 0.1) is 11.8 Å². The van der Waals surface area contributed by atoms with E-state index in [-0.39, 0.29) is 26.2 Å². The molecule has 2 aromatic carbocycles. The molecule has 5 atom stereocenters. The zero-order valence-electron chi connectivity index (χ0n) is 19.1. The molecule has 13 heteroatoms. The molecule has 1 aliphatic heterocycles. The lowest BCUT2D eigenvalue weighted by molar-refractivity contribution is -0.157. The molecule has 1 saturated carbocycles. The van der Waals surface area contributed by atoms with Gasteiger partial charge in [0.2, 0.25) is 0 Å². The summed E-state index contributed by atoms with van der Waals surface area (Å²) >= 11 is 45.7. The predicted octanol–water partition coefficient (Wildman–Crippen LogP) is 6.42. The van der Waals surface area contributed by atoms with Crippen molar-refractivity contribution in [1.82, 2.24) is 10.0 Å². The van der Waals surface area contributed by atoms with Gasteiger partial charge in [0, 0.05) is 5.56 Å². The molecule has 1 saturated heterocycles. The van der Waals surface area contributed by atoms with Crippen LogP contribution >= 0.6 is 81.2 Å². The first-order valence-corrected chi connectivity index (χ1v) is 13.8. The number of benzene rings is 2. The number of allylic oxidation sites excluding steroid dienone is 2. The van der Waals surface area contributed by atoms with Gasteiger partial charge in [0.1, 0.15) is 15.8 Å². The van der Waals surface area contributed by atoms with Crippen LogP contribution in [0.15, 0.2) is 64.7 Å². The average Bonchev–Trinajstić information content (AvgIpc) is 3.28. The number of alkyl halides is 4. The van der Waals surface area contributed by atoms with E-state index in [1.807, 2.05) is 0 Å². The summed E-state index contributed by atoms with van der Waals surface area (Å²) in [4.78, 5) is 51.2. The van der Waals surface area contributed by atoms with E-state index in [1.54, 1.807) is 42.5 Å². The lowest BCUT2D eigenvalue weighted by Crippen LogP contribution is -2.59. The number of hydrogen-bond acceptors (Lipinski definition) is 4. The minimum absolute atomic E-state index is 0.0390. The van der Waals surface area contributed by atoms with Crippen LogP contribution in [0.1, 0.15) is 27.6 Å². The van der Waals surface area contributed by atoms with Crippen LogP contribution in [0.5, 0.6) is 0 Å². The minimum atomic E-state index is -2.15. The maximum absolute atomic E-state index is 14.0. The van der Waals surface area contributed by atoms with Crippen LogP contribution in [0.4, 0.5) is 0 Å². The number of ketones is 1. The SMILES string of the molecule is C[C@H](C(=O)c1ccccc1)N(C(=O)c1ccccc1Cl)N1C(=O)[C@@H]2[C@H](C1=O)[C@@]1(Cl)C(Cl)=C(Cl)[C@@]2(Cl)C1(Cl)Cl. The number of rotatable bonds is 5. The molecule has 2 fully saturated rings. The van der Waals surface area contributed by atoms with Gasteiger partial charge in [-0.25, -0.2) is 5.01 Å². The van der Waals surface area contributed by atoms with E-state index in [4.69, 9.17) is 81.2 Å².